The highest BCUT2D eigenvalue weighted by Crippen LogP contribution is 2.27. The van der Waals surface area contributed by atoms with E-state index in [1.165, 1.54) is 6.42 Å². The SMILES string of the molecule is CC(C)CC(C)CC(C)(O)C(C)C. The smallest absolute Gasteiger partial charge is 0.0645 e. The first-order valence-corrected chi connectivity index (χ1v) is 5.48. The van der Waals surface area contributed by atoms with E-state index < -0.39 is 5.60 Å². The minimum atomic E-state index is -0.492. The Balaban J connectivity index is 3.96. The number of aliphatic hydroxyl groups is 1. The Labute approximate surface area is 83.5 Å². The van der Waals surface area contributed by atoms with Crippen LogP contribution in [0.2, 0.25) is 0 Å². The number of hydrogen-bond donors (Lipinski definition) is 1. The van der Waals surface area contributed by atoms with Crippen LogP contribution in [-0.2, 0) is 0 Å². The van der Waals surface area contributed by atoms with Gasteiger partial charge in [-0.05, 0) is 37.5 Å². The normalized spacial score (nSPS) is 19.2. The fourth-order valence-electron chi connectivity index (χ4n) is 1.83. The van der Waals surface area contributed by atoms with Gasteiger partial charge in [-0.3, -0.25) is 0 Å². The molecule has 0 spiro atoms. The Morgan fingerprint density at radius 2 is 1.54 bits per heavy atom. The topological polar surface area (TPSA) is 20.2 Å². The van der Waals surface area contributed by atoms with Gasteiger partial charge in [0.05, 0.1) is 5.60 Å². The van der Waals surface area contributed by atoms with Crippen LogP contribution in [0.3, 0.4) is 0 Å². The van der Waals surface area contributed by atoms with Gasteiger partial charge in [0.15, 0.2) is 0 Å². The van der Waals surface area contributed by atoms with Crippen LogP contribution < -0.4 is 0 Å². The second-order valence-corrected chi connectivity index (χ2v) is 5.45. The van der Waals surface area contributed by atoms with Crippen molar-refractivity contribution in [2.75, 3.05) is 0 Å². The summed E-state index contributed by atoms with van der Waals surface area (Å²) in [7, 11) is 0. The Morgan fingerprint density at radius 1 is 1.08 bits per heavy atom. The van der Waals surface area contributed by atoms with E-state index in [9.17, 15) is 5.11 Å². The predicted octanol–water partition coefficient (Wildman–Crippen LogP) is 3.47. The molecule has 1 nitrogen and oxygen atoms in total. The van der Waals surface area contributed by atoms with Gasteiger partial charge in [0.2, 0.25) is 0 Å². The van der Waals surface area contributed by atoms with Gasteiger partial charge in [-0.25, -0.2) is 0 Å². The van der Waals surface area contributed by atoms with Crippen LogP contribution >= 0.6 is 0 Å². The fraction of sp³-hybridized carbons (Fsp3) is 1.00. The summed E-state index contributed by atoms with van der Waals surface area (Å²) in [6.07, 6.45) is 2.13. The molecule has 0 rings (SSSR count). The Bertz CT molecular complexity index is 136. The molecule has 0 aliphatic rings. The van der Waals surface area contributed by atoms with Crippen LogP contribution in [0, 0.1) is 17.8 Å². The van der Waals surface area contributed by atoms with E-state index in [0.29, 0.717) is 11.8 Å². The molecule has 0 aliphatic heterocycles. The van der Waals surface area contributed by atoms with Crippen LogP contribution in [0.1, 0.15) is 54.4 Å². The van der Waals surface area contributed by atoms with Crippen LogP contribution in [0.25, 0.3) is 0 Å². The average Bonchev–Trinajstić information content (AvgIpc) is 1.82. The molecule has 0 aromatic rings. The van der Waals surface area contributed by atoms with Crippen molar-refractivity contribution in [2.45, 2.75) is 60.0 Å². The van der Waals surface area contributed by atoms with Gasteiger partial charge in [-0.1, -0.05) is 34.6 Å². The second kappa shape index (κ2) is 4.99. The van der Waals surface area contributed by atoms with Gasteiger partial charge in [0, 0.05) is 0 Å². The van der Waals surface area contributed by atoms with E-state index in [1.807, 2.05) is 6.92 Å². The summed E-state index contributed by atoms with van der Waals surface area (Å²) in [6, 6.07) is 0. The largest absolute Gasteiger partial charge is 0.390 e. The average molecular weight is 186 g/mol. The molecule has 80 valence electrons. The lowest BCUT2D eigenvalue weighted by Crippen LogP contribution is -2.33. The monoisotopic (exact) mass is 186 g/mol. The fourth-order valence-corrected chi connectivity index (χ4v) is 1.83. The summed E-state index contributed by atoms with van der Waals surface area (Å²) in [6.45, 7) is 12.8. The predicted molar refractivity (Wildman–Crippen MR) is 58.7 cm³/mol. The lowest BCUT2D eigenvalue weighted by Gasteiger charge is -2.31. The maximum absolute atomic E-state index is 10.1. The van der Waals surface area contributed by atoms with Crippen molar-refractivity contribution in [3.8, 4) is 0 Å². The summed E-state index contributed by atoms with van der Waals surface area (Å²) >= 11 is 0. The minimum absolute atomic E-state index is 0.349. The zero-order valence-electron chi connectivity index (χ0n) is 10.1. The first kappa shape index (κ1) is 13.0. The van der Waals surface area contributed by atoms with Crippen molar-refractivity contribution >= 4 is 0 Å². The summed E-state index contributed by atoms with van der Waals surface area (Å²) < 4.78 is 0. The standard InChI is InChI=1S/C12H26O/c1-9(2)7-11(5)8-12(6,13)10(3)4/h9-11,13H,7-8H2,1-6H3. The maximum atomic E-state index is 10.1. The third-order valence-electron chi connectivity index (χ3n) is 2.88. The van der Waals surface area contributed by atoms with E-state index in [0.717, 1.165) is 12.3 Å². The molecule has 2 unspecified atom stereocenters. The molecule has 1 N–H and O–H groups in total. The zero-order chi connectivity index (χ0) is 10.6. The molecule has 0 aliphatic carbocycles. The molecule has 0 saturated carbocycles. The highest BCUT2D eigenvalue weighted by Gasteiger charge is 2.27. The van der Waals surface area contributed by atoms with Crippen molar-refractivity contribution in [1.82, 2.24) is 0 Å². The molecule has 0 heterocycles. The molecule has 13 heavy (non-hydrogen) atoms. The van der Waals surface area contributed by atoms with Crippen molar-refractivity contribution in [3.05, 3.63) is 0 Å². The highest BCUT2D eigenvalue weighted by molar-refractivity contribution is 4.78. The first-order valence-electron chi connectivity index (χ1n) is 5.48. The van der Waals surface area contributed by atoms with Crippen molar-refractivity contribution in [3.63, 3.8) is 0 Å². The van der Waals surface area contributed by atoms with Gasteiger partial charge in [0.25, 0.3) is 0 Å². The van der Waals surface area contributed by atoms with Crippen LogP contribution in [-0.4, -0.2) is 10.7 Å². The van der Waals surface area contributed by atoms with E-state index in [-0.39, 0.29) is 0 Å². The summed E-state index contributed by atoms with van der Waals surface area (Å²) in [5.74, 6) is 1.71. The molecule has 0 fully saturated rings. The lowest BCUT2D eigenvalue weighted by atomic mass is 9.81. The van der Waals surface area contributed by atoms with Crippen LogP contribution in [0.15, 0.2) is 0 Å². The molecular formula is C12H26O. The van der Waals surface area contributed by atoms with Crippen molar-refractivity contribution < 1.29 is 5.11 Å². The molecular weight excluding hydrogens is 160 g/mol. The third kappa shape index (κ3) is 5.30. The number of rotatable bonds is 5. The van der Waals surface area contributed by atoms with Crippen molar-refractivity contribution in [1.29, 1.82) is 0 Å². The van der Waals surface area contributed by atoms with E-state index in [1.54, 1.807) is 0 Å². The molecule has 0 aromatic heterocycles. The highest BCUT2D eigenvalue weighted by atomic mass is 16.3. The maximum Gasteiger partial charge on any atom is 0.0645 e. The quantitative estimate of drug-likeness (QED) is 0.697. The summed E-state index contributed by atoms with van der Waals surface area (Å²) in [4.78, 5) is 0. The molecule has 0 aromatic carbocycles. The summed E-state index contributed by atoms with van der Waals surface area (Å²) in [5, 5.41) is 10.1. The summed E-state index contributed by atoms with van der Waals surface area (Å²) in [5.41, 5.74) is -0.492. The van der Waals surface area contributed by atoms with E-state index in [4.69, 9.17) is 0 Å². The second-order valence-electron chi connectivity index (χ2n) is 5.45. The van der Waals surface area contributed by atoms with Crippen molar-refractivity contribution in [2.24, 2.45) is 17.8 Å². The molecule has 0 bridgehead atoms. The van der Waals surface area contributed by atoms with Crippen LogP contribution in [0.4, 0.5) is 0 Å². The molecule has 0 amide bonds. The molecule has 0 radical (unpaired) electrons. The Hall–Kier alpha value is -0.0400. The van der Waals surface area contributed by atoms with E-state index in [2.05, 4.69) is 34.6 Å². The van der Waals surface area contributed by atoms with Gasteiger partial charge in [0.1, 0.15) is 0 Å². The van der Waals surface area contributed by atoms with Gasteiger partial charge in [-0.15, -0.1) is 0 Å². The van der Waals surface area contributed by atoms with Gasteiger partial charge >= 0.3 is 0 Å². The zero-order valence-corrected chi connectivity index (χ0v) is 10.1. The first-order chi connectivity index (χ1) is 5.75. The van der Waals surface area contributed by atoms with Gasteiger partial charge < -0.3 is 5.11 Å². The number of hydrogen-bond acceptors (Lipinski definition) is 1. The van der Waals surface area contributed by atoms with E-state index >= 15 is 0 Å². The molecule has 2 atom stereocenters. The minimum Gasteiger partial charge on any atom is -0.390 e. The molecule has 1 heteroatoms. The Morgan fingerprint density at radius 3 is 1.85 bits per heavy atom. The lowest BCUT2D eigenvalue weighted by molar-refractivity contribution is -0.00937. The molecule has 0 saturated heterocycles. The van der Waals surface area contributed by atoms with Crippen LogP contribution in [0.5, 0.6) is 0 Å². The van der Waals surface area contributed by atoms with Gasteiger partial charge in [-0.2, -0.15) is 0 Å². The third-order valence-corrected chi connectivity index (χ3v) is 2.88. The Kier molecular flexibility index (Phi) is 4.98.